The van der Waals surface area contributed by atoms with Crippen LogP contribution in [0.15, 0.2) is 18.2 Å². The van der Waals surface area contributed by atoms with Gasteiger partial charge in [-0.05, 0) is 44.0 Å². The van der Waals surface area contributed by atoms with E-state index in [4.69, 9.17) is 23.2 Å². The van der Waals surface area contributed by atoms with Crippen LogP contribution in [0.25, 0.3) is 0 Å². The van der Waals surface area contributed by atoms with E-state index in [1.165, 1.54) is 25.8 Å². The topological polar surface area (TPSA) is 6.48 Å². The number of rotatable bonds is 2. The van der Waals surface area contributed by atoms with Gasteiger partial charge in [-0.15, -0.1) is 0 Å². The third-order valence-electron chi connectivity index (χ3n) is 4.73. The highest BCUT2D eigenvalue weighted by molar-refractivity contribution is 6.35. The average molecular weight is 313 g/mol. The molecule has 2 heterocycles. The molecule has 2 aliphatic rings. The van der Waals surface area contributed by atoms with Gasteiger partial charge in [-0.25, -0.2) is 0 Å². The van der Waals surface area contributed by atoms with Crippen LogP contribution in [0.4, 0.5) is 5.69 Å². The Labute approximate surface area is 131 Å². The van der Waals surface area contributed by atoms with Gasteiger partial charge >= 0.3 is 0 Å². The summed E-state index contributed by atoms with van der Waals surface area (Å²) in [6.45, 7) is 5.77. The van der Waals surface area contributed by atoms with Gasteiger partial charge in [0, 0.05) is 30.2 Å². The number of hydrogen-bond donors (Lipinski definition) is 0. The lowest BCUT2D eigenvalue weighted by Crippen LogP contribution is -2.59. The molecule has 20 heavy (non-hydrogen) atoms. The summed E-state index contributed by atoms with van der Waals surface area (Å²) in [7, 11) is 0. The van der Waals surface area contributed by atoms with Crippen molar-refractivity contribution in [2.45, 2.75) is 44.7 Å². The van der Waals surface area contributed by atoms with Gasteiger partial charge in [-0.2, -0.15) is 0 Å². The first-order valence-electron chi connectivity index (χ1n) is 7.64. The molecule has 2 fully saturated rings. The molecule has 110 valence electrons. The van der Waals surface area contributed by atoms with Crippen molar-refractivity contribution in [3.63, 3.8) is 0 Å². The van der Waals surface area contributed by atoms with Gasteiger partial charge in [0.05, 0.1) is 10.7 Å². The fourth-order valence-corrected chi connectivity index (χ4v) is 4.00. The molecule has 2 atom stereocenters. The van der Waals surface area contributed by atoms with E-state index < -0.39 is 0 Å². The predicted molar refractivity (Wildman–Crippen MR) is 87.1 cm³/mol. The zero-order valence-corrected chi connectivity index (χ0v) is 13.5. The Morgan fingerprint density at radius 3 is 2.85 bits per heavy atom. The first-order chi connectivity index (χ1) is 9.69. The quantitative estimate of drug-likeness (QED) is 0.796. The van der Waals surface area contributed by atoms with Crippen molar-refractivity contribution in [2.75, 3.05) is 24.5 Å². The number of benzene rings is 1. The summed E-state index contributed by atoms with van der Waals surface area (Å²) in [6, 6.07) is 7.03. The molecular formula is C16H22Cl2N2. The van der Waals surface area contributed by atoms with Crippen molar-refractivity contribution >= 4 is 28.9 Å². The largest absolute Gasteiger partial charge is 0.364 e. The summed E-state index contributed by atoms with van der Waals surface area (Å²) in [5.41, 5.74) is 1.11. The average Bonchev–Trinajstić information content (AvgIpc) is 2.48. The summed E-state index contributed by atoms with van der Waals surface area (Å²) in [4.78, 5) is 5.16. The number of fused-ring (bicyclic) bond motifs is 1. The lowest BCUT2D eigenvalue weighted by atomic mass is 9.95. The Morgan fingerprint density at radius 2 is 2.05 bits per heavy atom. The van der Waals surface area contributed by atoms with Crippen molar-refractivity contribution in [1.29, 1.82) is 0 Å². The molecule has 2 saturated heterocycles. The fraction of sp³-hybridized carbons (Fsp3) is 0.625. The van der Waals surface area contributed by atoms with Crippen LogP contribution < -0.4 is 4.90 Å². The van der Waals surface area contributed by atoms with Crippen molar-refractivity contribution in [3.05, 3.63) is 28.2 Å². The monoisotopic (exact) mass is 312 g/mol. The minimum atomic E-state index is 0.542. The highest BCUT2D eigenvalue weighted by Gasteiger charge is 2.34. The molecule has 0 aliphatic carbocycles. The number of piperidine rings is 1. The molecular weight excluding hydrogens is 291 g/mol. The summed E-state index contributed by atoms with van der Waals surface area (Å²) < 4.78 is 0. The van der Waals surface area contributed by atoms with Crippen LogP contribution in [0.5, 0.6) is 0 Å². The summed E-state index contributed by atoms with van der Waals surface area (Å²) in [5, 5.41) is 1.59. The van der Waals surface area contributed by atoms with E-state index >= 15 is 0 Å². The van der Waals surface area contributed by atoms with E-state index in [0.717, 1.165) is 35.2 Å². The van der Waals surface area contributed by atoms with Crippen molar-refractivity contribution in [1.82, 2.24) is 4.90 Å². The predicted octanol–water partition coefficient (Wildman–Crippen LogP) is 4.45. The Hall–Kier alpha value is -0.440. The second-order valence-corrected chi connectivity index (χ2v) is 6.80. The van der Waals surface area contributed by atoms with Gasteiger partial charge in [0.15, 0.2) is 0 Å². The van der Waals surface area contributed by atoms with E-state index in [1.54, 1.807) is 0 Å². The zero-order valence-electron chi connectivity index (χ0n) is 12.0. The highest BCUT2D eigenvalue weighted by Crippen LogP contribution is 2.35. The Bertz CT molecular complexity index is 478. The van der Waals surface area contributed by atoms with E-state index in [0.29, 0.717) is 12.1 Å². The van der Waals surface area contributed by atoms with Crippen molar-refractivity contribution < 1.29 is 0 Å². The number of piperazine rings is 1. The minimum Gasteiger partial charge on any atom is -0.364 e. The smallest absolute Gasteiger partial charge is 0.0640 e. The molecule has 1 aromatic rings. The highest BCUT2D eigenvalue weighted by atomic mass is 35.5. The normalized spacial score (nSPS) is 27.4. The van der Waals surface area contributed by atoms with Gasteiger partial charge in [0.1, 0.15) is 0 Å². The Balaban J connectivity index is 1.88. The van der Waals surface area contributed by atoms with Gasteiger partial charge in [0.25, 0.3) is 0 Å². The maximum Gasteiger partial charge on any atom is 0.0640 e. The summed E-state index contributed by atoms with van der Waals surface area (Å²) >= 11 is 12.6. The van der Waals surface area contributed by atoms with Crippen LogP contribution in [-0.4, -0.2) is 36.6 Å². The molecule has 2 unspecified atom stereocenters. The molecule has 1 aromatic carbocycles. The SMILES string of the molecule is CCC1CN2CCCCC2CN1c1cc(Cl)ccc1Cl. The third-order valence-corrected chi connectivity index (χ3v) is 5.29. The van der Waals surface area contributed by atoms with E-state index in [9.17, 15) is 0 Å². The molecule has 0 spiro atoms. The lowest BCUT2D eigenvalue weighted by Gasteiger charge is -2.49. The molecule has 2 nitrogen and oxygen atoms in total. The molecule has 0 bridgehead atoms. The maximum atomic E-state index is 6.41. The van der Waals surface area contributed by atoms with Crippen LogP contribution in [0.1, 0.15) is 32.6 Å². The first kappa shape index (κ1) is 14.5. The molecule has 0 aromatic heterocycles. The van der Waals surface area contributed by atoms with Crippen molar-refractivity contribution in [3.8, 4) is 0 Å². The van der Waals surface area contributed by atoms with Crippen LogP contribution in [0.2, 0.25) is 10.0 Å². The zero-order chi connectivity index (χ0) is 14.1. The van der Waals surface area contributed by atoms with E-state index in [2.05, 4.69) is 16.7 Å². The van der Waals surface area contributed by atoms with Crippen LogP contribution in [0, 0.1) is 0 Å². The molecule has 2 aliphatic heterocycles. The van der Waals surface area contributed by atoms with E-state index in [1.807, 2.05) is 18.2 Å². The number of halogens is 2. The minimum absolute atomic E-state index is 0.542. The Morgan fingerprint density at radius 1 is 1.20 bits per heavy atom. The molecule has 0 amide bonds. The van der Waals surface area contributed by atoms with E-state index in [-0.39, 0.29) is 0 Å². The molecule has 0 N–H and O–H groups in total. The van der Waals surface area contributed by atoms with Crippen LogP contribution in [0.3, 0.4) is 0 Å². The van der Waals surface area contributed by atoms with Crippen LogP contribution >= 0.6 is 23.2 Å². The summed E-state index contributed by atoms with van der Waals surface area (Å²) in [5.74, 6) is 0. The van der Waals surface area contributed by atoms with Gasteiger partial charge in [-0.1, -0.05) is 36.5 Å². The number of anilines is 1. The third kappa shape index (κ3) is 2.79. The second-order valence-electron chi connectivity index (χ2n) is 5.95. The molecule has 4 heteroatoms. The lowest BCUT2D eigenvalue weighted by molar-refractivity contribution is 0.111. The number of nitrogens with zero attached hydrogens (tertiary/aromatic N) is 2. The standard InChI is InChI=1S/C16H22Cl2N2/c1-2-13-10-19-8-4-3-5-14(19)11-20(13)16-9-12(17)6-7-15(16)18/h6-7,9,13-14H,2-5,8,10-11H2,1H3. The fourth-order valence-electron chi connectivity index (χ4n) is 3.60. The van der Waals surface area contributed by atoms with Gasteiger partial charge < -0.3 is 4.90 Å². The van der Waals surface area contributed by atoms with Crippen molar-refractivity contribution in [2.24, 2.45) is 0 Å². The Kier molecular flexibility index (Phi) is 4.44. The molecule has 3 rings (SSSR count). The second kappa shape index (κ2) is 6.13. The van der Waals surface area contributed by atoms with Crippen LogP contribution in [-0.2, 0) is 0 Å². The summed E-state index contributed by atoms with van der Waals surface area (Å²) in [6.07, 6.45) is 5.16. The molecule has 0 saturated carbocycles. The maximum absolute atomic E-state index is 6.41. The first-order valence-corrected chi connectivity index (χ1v) is 8.40. The number of hydrogen-bond acceptors (Lipinski definition) is 2. The molecule has 0 radical (unpaired) electrons. The van der Waals surface area contributed by atoms with Gasteiger partial charge in [0.2, 0.25) is 0 Å². The van der Waals surface area contributed by atoms with Gasteiger partial charge in [-0.3, -0.25) is 4.90 Å².